The Labute approximate surface area is 107 Å². The highest BCUT2D eigenvalue weighted by Crippen LogP contribution is 2.27. The predicted molar refractivity (Wildman–Crippen MR) is 69.8 cm³/mol. The van der Waals surface area contributed by atoms with Gasteiger partial charge in [-0.05, 0) is 29.8 Å². The molecule has 4 nitrogen and oxygen atoms in total. The standard InChI is InChI=1S/C11H12BrFN4/c12-9-8(5-14)16-11(15)17-10(9)6-1-3-7(13)4-2-6/h1-4,8H,5,14H2,(H3,15,16,17). The fourth-order valence-electron chi connectivity index (χ4n) is 1.59. The van der Waals surface area contributed by atoms with Gasteiger partial charge in [-0.25, -0.2) is 9.38 Å². The van der Waals surface area contributed by atoms with Crippen LogP contribution < -0.4 is 16.8 Å². The number of hydrogen-bond donors (Lipinski definition) is 3. The third-order valence-electron chi connectivity index (χ3n) is 2.44. The second-order valence-electron chi connectivity index (χ2n) is 3.62. The van der Waals surface area contributed by atoms with Crippen LogP contribution in [0.4, 0.5) is 4.39 Å². The number of nitrogens with zero attached hydrogens (tertiary/aromatic N) is 1. The van der Waals surface area contributed by atoms with Crippen LogP contribution in [0.15, 0.2) is 33.7 Å². The molecule has 17 heavy (non-hydrogen) atoms. The number of hydrogen-bond acceptors (Lipinski definition) is 4. The molecule has 5 N–H and O–H groups in total. The number of guanidine groups is 1. The molecule has 2 rings (SSSR count). The molecule has 1 unspecified atom stereocenters. The van der Waals surface area contributed by atoms with E-state index in [4.69, 9.17) is 11.5 Å². The fraction of sp³-hybridized carbons (Fsp3) is 0.182. The van der Waals surface area contributed by atoms with Crippen LogP contribution in [-0.4, -0.2) is 18.5 Å². The number of halogens is 2. The van der Waals surface area contributed by atoms with Gasteiger partial charge in [0.05, 0.1) is 11.7 Å². The van der Waals surface area contributed by atoms with Gasteiger partial charge in [-0.15, -0.1) is 0 Å². The minimum Gasteiger partial charge on any atom is -0.370 e. The number of nitrogens with one attached hydrogen (secondary N) is 1. The highest BCUT2D eigenvalue weighted by molar-refractivity contribution is 9.11. The molecule has 0 saturated heterocycles. The van der Waals surface area contributed by atoms with E-state index in [-0.39, 0.29) is 11.9 Å². The molecular weight excluding hydrogens is 287 g/mol. The first-order chi connectivity index (χ1) is 8.11. The molecule has 0 bridgehead atoms. The molecule has 1 aromatic carbocycles. The minimum atomic E-state index is -0.279. The van der Waals surface area contributed by atoms with Crippen LogP contribution >= 0.6 is 15.9 Å². The van der Waals surface area contributed by atoms with Crippen molar-refractivity contribution in [3.8, 4) is 0 Å². The maximum Gasteiger partial charge on any atom is 0.193 e. The average molecular weight is 299 g/mol. The minimum absolute atomic E-state index is 0.198. The molecule has 0 radical (unpaired) electrons. The number of nitrogens with two attached hydrogens (primary N) is 2. The largest absolute Gasteiger partial charge is 0.370 e. The van der Waals surface area contributed by atoms with Gasteiger partial charge < -0.3 is 16.8 Å². The lowest BCUT2D eigenvalue weighted by molar-refractivity contribution is 0.627. The lowest BCUT2D eigenvalue weighted by Crippen LogP contribution is -2.38. The molecule has 1 aliphatic heterocycles. The van der Waals surface area contributed by atoms with Gasteiger partial charge in [-0.2, -0.15) is 0 Å². The average Bonchev–Trinajstić information content (AvgIpc) is 2.33. The quantitative estimate of drug-likeness (QED) is 0.766. The Bertz CT molecular complexity index is 481. The molecule has 0 amide bonds. The van der Waals surface area contributed by atoms with Crippen molar-refractivity contribution in [3.63, 3.8) is 0 Å². The maximum atomic E-state index is 12.9. The Morgan fingerprint density at radius 3 is 2.59 bits per heavy atom. The number of benzene rings is 1. The van der Waals surface area contributed by atoms with Crippen molar-refractivity contribution in [2.24, 2.45) is 16.5 Å². The van der Waals surface area contributed by atoms with E-state index in [2.05, 4.69) is 26.2 Å². The summed E-state index contributed by atoms with van der Waals surface area (Å²) in [5.41, 5.74) is 12.9. The Balaban J connectivity index is 2.40. The van der Waals surface area contributed by atoms with Gasteiger partial charge in [0.2, 0.25) is 0 Å². The van der Waals surface area contributed by atoms with Gasteiger partial charge in [0.25, 0.3) is 0 Å². The van der Waals surface area contributed by atoms with Gasteiger partial charge in [-0.1, -0.05) is 15.9 Å². The second kappa shape index (κ2) is 4.85. The van der Waals surface area contributed by atoms with Crippen LogP contribution in [0, 0.1) is 5.82 Å². The highest BCUT2D eigenvalue weighted by Gasteiger charge is 2.21. The Morgan fingerprint density at radius 2 is 2.00 bits per heavy atom. The van der Waals surface area contributed by atoms with Crippen molar-refractivity contribution in [1.29, 1.82) is 0 Å². The van der Waals surface area contributed by atoms with Crippen molar-refractivity contribution >= 4 is 27.6 Å². The van der Waals surface area contributed by atoms with E-state index in [0.717, 1.165) is 15.7 Å². The van der Waals surface area contributed by atoms with Gasteiger partial charge in [0.1, 0.15) is 5.82 Å². The molecule has 0 saturated carbocycles. The summed E-state index contributed by atoms with van der Waals surface area (Å²) in [6.07, 6.45) is 0. The van der Waals surface area contributed by atoms with Crippen LogP contribution in [0.3, 0.4) is 0 Å². The second-order valence-corrected chi connectivity index (χ2v) is 4.48. The van der Waals surface area contributed by atoms with Crippen molar-refractivity contribution in [3.05, 3.63) is 40.1 Å². The topological polar surface area (TPSA) is 76.4 Å². The molecule has 1 heterocycles. The van der Waals surface area contributed by atoms with E-state index in [0.29, 0.717) is 12.5 Å². The summed E-state index contributed by atoms with van der Waals surface area (Å²) in [7, 11) is 0. The molecule has 1 aromatic rings. The van der Waals surface area contributed by atoms with E-state index in [9.17, 15) is 4.39 Å². The summed E-state index contributed by atoms with van der Waals surface area (Å²) >= 11 is 3.44. The molecule has 1 atom stereocenters. The lowest BCUT2D eigenvalue weighted by Gasteiger charge is -2.23. The van der Waals surface area contributed by atoms with Crippen LogP contribution in [0.5, 0.6) is 0 Å². The molecule has 0 fully saturated rings. The molecule has 90 valence electrons. The zero-order valence-electron chi connectivity index (χ0n) is 8.95. The summed E-state index contributed by atoms with van der Waals surface area (Å²) in [5, 5.41) is 2.95. The lowest BCUT2D eigenvalue weighted by atomic mass is 10.1. The van der Waals surface area contributed by atoms with Crippen LogP contribution in [-0.2, 0) is 0 Å². The molecule has 6 heteroatoms. The van der Waals surface area contributed by atoms with Gasteiger partial charge in [-0.3, -0.25) is 0 Å². The summed E-state index contributed by atoms with van der Waals surface area (Å²) in [6.45, 7) is 0.355. The molecule has 1 aliphatic rings. The number of aliphatic imine (C=N–C) groups is 1. The third kappa shape index (κ3) is 2.48. The first kappa shape index (κ1) is 12.1. The highest BCUT2D eigenvalue weighted by atomic mass is 79.9. The molecule has 0 aliphatic carbocycles. The predicted octanol–water partition coefficient (Wildman–Crippen LogP) is 1.13. The van der Waals surface area contributed by atoms with Crippen molar-refractivity contribution in [2.45, 2.75) is 6.04 Å². The van der Waals surface area contributed by atoms with Crippen molar-refractivity contribution in [2.75, 3.05) is 6.54 Å². The molecule has 0 aromatic heterocycles. The first-order valence-corrected chi connectivity index (χ1v) is 5.87. The Morgan fingerprint density at radius 1 is 1.35 bits per heavy atom. The summed E-state index contributed by atoms with van der Waals surface area (Å²) in [4.78, 5) is 4.15. The van der Waals surface area contributed by atoms with Crippen molar-refractivity contribution < 1.29 is 4.39 Å². The van der Waals surface area contributed by atoms with Crippen LogP contribution in [0.2, 0.25) is 0 Å². The van der Waals surface area contributed by atoms with Crippen molar-refractivity contribution in [1.82, 2.24) is 5.32 Å². The van der Waals surface area contributed by atoms with Gasteiger partial charge >= 0.3 is 0 Å². The van der Waals surface area contributed by atoms with Crippen LogP contribution in [0.25, 0.3) is 5.70 Å². The van der Waals surface area contributed by atoms with E-state index in [1.54, 1.807) is 12.1 Å². The zero-order chi connectivity index (χ0) is 12.4. The smallest absolute Gasteiger partial charge is 0.193 e. The monoisotopic (exact) mass is 298 g/mol. The summed E-state index contributed by atoms with van der Waals surface area (Å²) < 4.78 is 13.7. The summed E-state index contributed by atoms with van der Waals surface area (Å²) in [6, 6.07) is 5.93. The molecular formula is C11H12BrFN4. The maximum absolute atomic E-state index is 12.9. The van der Waals surface area contributed by atoms with Gasteiger partial charge in [0.15, 0.2) is 5.96 Å². The Kier molecular flexibility index (Phi) is 3.44. The number of rotatable bonds is 2. The first-order valence-electron chi connectivity index (χ1n) is 5.07. The fourth-order valence-corrected chi connectivity index (χ4v) is 2.21. The summed E-state index contributed by atoms with van der Waals surface area (Å²) in [5.74, 6) is 0.0290. The van der Waals surface area contributed by atoms with E-state index < -0.39 is 0 Å². The van der Waals surface area contributed by atoms with Crippen LogP contribution in [0.1, 0.15) is 5.56 Å². The van der Waals surface area contributed by atoms with E-state index in [1.807, 2.05) is 0 Å². The SMILES string of the molecule is NCC1N=C(N)NC(c2ccc(F)cc2)=C1Br. The van der Waals surface area contributed by atoms with E-state index >= 15 is 0 Å². The third-order valence-corrected chi connectivity index (χ3v) is 3.36. The normalized spacial score (nSPS) is 19.9. The van der Waals surface area contributed by atoms with E-state index in [1.165, 1.54) is 12.1 Å². The van der Waals surface area contributed by atoms with Gasteiger partial charge in [0, 0.05) is 11.0 Å². The zero-order valence-corrected chi connectivity index (χ0v) is 10.5. The Hall–Kier alpha value is -1.40. The molecule has 0 spiro atoms.